The van der Waals surface area contributed by atoms with E-state index in [9.17, 15) is 18.0 Å². The second kappa shape index (κ2) is 8.27. The summed E-state index contributed by atoms with van der Waals surface area (Å²) >= 11 is 0. The normalized spacial score (nSPS) is 17.2. The predicted molar refractivity (Wildman–Crippen MR) is 110 cm³/mol. The summed E-state index contributed by atoms with van der Waals surface area (Å²) in [6, 6.07) is 9.77. The molecule has 0 bridgehead atoms. The summed E-state index contributed by atoms with van der Waals surface area (Å²) in [5.41, 5.74) is 5.84. The smallest absolute Gasteiger partial charge is 0.387 e. The average Bonchev–Trinajstić information content (AvgIpc) is 3.18. The van der Waals surface area contributed by atoms with Crippen LogP contribution in [0, 0.1) is 17.1 Å². The Morgan fingerprint density at radius 3 is 2.79 bits per heavy atom. The van der Waals surface area contributed by atoms with Gasteiger partial charge in [0.2, 0.25) is 0 Å². The third-order valence-electron chi connectivity index (χ3n) is 4.98. The van der Waals surface area contributed by atoms with Gasteiger partial charge in [-0.25, -0.2) is 9.37 Å². The van der Waals surface area contributed by atoms with Gasteiger partial charge in [0.25, 0.3) is 5.91 Å². The van der Waals surface area contributed by atoms with Crippen LogP contribution < -0.4 is 15.8 Å². The van der Waals surface area contributed by atoms with E-state index in [-0.39, 0.29) is 40.8 Å². The molecule has 4 rings (SSSR count). The van der Waals surface area contributed by atoms with Crippen molar-refractivity contribution >= 4 is 17.4 Å². The number of benzene rings is 1. The zero-order chi connectivity index (χ0) is 23.8. The molecular weight excluding hydrogens is 439 g/mol. The summed E-state index contributed by atoms with van der Waals surface area (Å²) in [5.74, 6) is -1.30. The molecule has 3 N–H and O–H groups in total. The van der Waals surface area contributed by atoms with Crippen LogP contribution in [0.3, 0.4) is 0 Å². The number of amides is 1. The van der Waals surface area contributed by atoms with Gasteiger partial charge >= 0.3 is 6.61 Å². The van der Waals surface area contributed by atoms with E-state index in [1.54, 1.807) is 6.92 Å². The lowest BCUT2D eigenvalue weighted by Crippen LogP contribution is -2.37. The van der Waals surface area contributed by atoms with Crippen LogP contribution in [0.1, 0.15) is 34.4 Å². The molecule has 1 atom stereocenters. The minimum atomic E-state index is -3.01. The van der Waals surface area contributed by atoms with Crippen LogP contribution in [-0.4, -0.2) is 33.1 Å². The molecule has 9 nitrogen and oxygen atoms in total. The number of hydrogen-bond donors (Lipinski definition) is 2. The van der Waals surface area contributed by atoms with Crippen molar-refractivity contribution in [1.29, 1.82) is 5.26 Å². The van der Waals surface area contributed by atoms with Gasteiger partial charge in [0, 0.05) is 17.3 Å². The Bertz CT molecular complexity index is 1300. The van der Waals surface area contributed by atoms with E-state index < -0.39 is 23.9 Å². The fourth-order valence-corrected chi connectivity index (χ4v) is 3.49. The van der Waals surface area contributed by atoms with E-state index in [2.05, 4.69) is 25.1 Å². The summed E-state index contributed by atoms with van der Waals surface area (Å²) in [6.07, 6.45) is 0.995. The number of nitrogens with zero attached hydrogens (tertiary/aromatic N) is 5. The molecule has 0 unspecified atom stereocenters. The highest BCUT2D eigenvalue weighted by Gasteiger charge is 2.35. The van der Waals surface area contributed by atoms with Crippen LogP contribution in [0.25, 0.3) is 0 Å². The number of amidine groups is 1. The van der Waals surface area contributed by atoms with Crippen molar-refractivity contribution in [2.24, 2.45) is 10.7 Å². The van der Waals surface area contributed by atoms with Crippen molar-refractivity contribution in [2.75, 3.05) is 5.32 Å². The fourth-order valence-electron chi connectivity index (χ4n) is 3.49. The number of aromatic nitrogens is 3. The second-order valence-electron chi connectivity index (χ2n) is 7.36. The van der Waals surface area contributed by atoms with Crippen LogP contribution in [0.4, 0.5) is 18.9 Å². The van der Waals surface area contributed by atoms with Crippen LogP contribution in [0.5, 0.6) is 5.75 Å². The molecule has 0 radical (unpaired) electrons. The topological polar surface area (TPSA) is 131 Å². The Labute approximate surface area is 185 Å². The summed E-state index contributed by atoms with van der Waals surface area (Å²) in [4.78, 5) is 20.7. The first-order valence-electron chi connectivity index (χ1n) is 9.54. The lowest BCUT2D eigenvalue weighted by atomic mass is 9.90. The van der Waals surface area contributed by atoms with Gasteiger partial charge in [0.1, 0.15) is 40.4 Å². The third kappa shape index (κ3) is 4.33. The number of pyridine rings is 1. The molecule has 3 heterocycles. The van der Waals surface area contributed by atoms with E-state index in [1.807, 2.05) is 6.07 Å². The molecule has 1 amide bonds. The summed E-state index contributed by atoms with van der Waals surface area (Å²) < 4.78 is 45.0. The Kier molecular flexibility index (Phi) is 5.47. The first-order valence-corrected chi connectivity index (χ1v) is 9.54. The lowest BCUT2D eigenvalue weighted by Gasteiger charge is -2.31. The van der Waals surface area contributed by atoms with Gasteiger partial charge in [-0.15, -0.1) is 0 Å². The molecule has 1 aromatic carbocycles. The quantitative estimate of drug-likeness (QED) is 0.608. The number of anilines is 1. The minimum absolute atomic E-state index is 0.0566. The van der Waals surface area contributed by atoms with Gasteiger partial charge in [0.05, 0.1) is 12.7 Å². The van der Waals surface area contributed by atoms with Crippen molar-refractivity contribution in [1.82, 2.24) is 14.8 Å². The van der Waals surface area contributed by atoms with Crippen molar-refractivity contribution in [2.45, 2.75) is 25.6 Å². The molecule has 12 heteroatoms. The van der Waals surface area contributed by atoms with E-state index in [0.717, 1.165) is 6.20 Å². The number of ether oxygens (including phenoxy) is 1. The molecule has 3 aromatic rings. The average molecular weight is 455 g/mol. The standard InChI is InChI=1S/C21H16F3N7O2/c1-21(10-31-17(18(26)29-21)7-12(8-25)30-31)14-6-11(2-4-15(14)22)28-19(32)16-5-3-13(9-27-16)33-20(23)24/h2-7,9,20H,10H2,1H3,(H2,26,29)(H,28,32)/t21-/m0/s1. The monoisotopic (exact) mass is 455 g/mol. The van der Waals surface area contributed by atoms with Gasteiger partial charge in [0.15, 0.2) is 5.69 Å². The van der Waals surface area contributed by atoms with Crippen LogP contribution in [-0.2, 0) is 12.1 Å². The fraction of sp³-hybridized carbons (Fsp3) is 0.190. The molecule has 0 saturated carbocycles. The number of rotatable bonds is 5. The minimum Gasteiger partial charge on any atom is -0.433 e. The number of carbonyl (C=O) groups excluding carboxylic acids is 1. The Morgan fingerprint density at radius 1 is 1.33 bits per heavy atom. The highest BCUT2D eigenvalue weighted by atomic mass is 19.3. The van der Waals surface area contributed by atoms with Gasteiger partial charge in [-0.1, -0.05) is 0 Å². The van der Waals surface area contributed by atoms with Gasteiger partial charge < -0.3 is 15.8 Å². The molecule has 1 aliphatic rings. The first kappa shape index (κ1) is 21.8. The van der Waals surface area contributed by atoms with Gasteiger partial charge in [-0.05, 0) is 37.3 Å². The van der Waals surface area contributed by atoms with Crippen molar-refractivity contribution in [3.63, 3.8) is 0 Å². The van der Waals surface area contributed by atoms with E-state index >= 15 is 0 Å². The molecule has 1 aliphatic heterocycles. The number of alkyl halides is 2. The van der Waals surface area contributed by atoms with Gasteiger partial charge in [-0.3, -0.25) is 14.5 Å². The molecule has 33 heavy (non-hydrogen) atoms. The van der Waals surface area contributed by atoms with E-state index in [0.29, 0.717) is 5.69 Å². The summed E-state index contributed by atoms with van der Waals surface area (Å²) in [5, 5.41) is 15.8. The van der Waals surface area contributed by atoms with Crippen LogP contribution in [0.15, 0.2) is 47.6 Å². The maximum Gasteiger partial charge on any atom is 0.387 e. The van der Waals surface area contributed by atoms with Gasteiger partial charge in [-0.2, -0.15) is 19.1 Å². The molecule has 168 valence electrons. The summed E-state index contributed by atoms with van der Waals surface area (Å²) in [6.45, 7) is -1.23. The van der Waals surface area contributed by atoms with Crippen LogP contribution in [0.2, 0.25) is 0 Å². The SMILES string of the molecule is C[C@@]1(c2cc(NC(=O)c3ccc(OC(F)F)cn3)ccc2F)Cn2nc(C#N)cc2C(N)=N1. The number of carbonyl (C=O) groups is 1. The van der Waals surface area contributed by atoms with Crippen molar-refractivity contribution in [3.8, 4) is 11.8 Å². The zero-order valence-electron chi connectivity index (χ0n) is 17.1. The highest BCUT2D eigenvalue weighted by molar-refractivity contribution is 6.03. The number of nitrogens with two attached hydrogens (primary N) is 1. The highest BCUT2D eigenvalue weighted by Crippen LogP contribution is 2.35. The number of nitriles is 1. The Morgan fingerprint density at radius 2 is 2.12 bits per heavy atom. The number of nitrogens with one attached hydrogen (secondary N) is 1. The largest absolute Gasteiger partial charge is 0.433 e. The zero-order valence-corrected chi connectivity index (χ0v) is 17.1. The first-order chi connectivity index (χ1) is 15.7. The van der Waals surface area contributed by atoms with E-state index in [1.165, 1.54) is 41.1 Å². The predicted octanol–water partition coefficient (Wildman–Crippen LogP) is 2.78. The summed E-state index contributed by atoms with van der Waals surface area (Å²) in [7, 11) is 0. The number of halogens is 3. The molecule has 0 saturated heterocycles. The third-order valence-corrected chi connectivity index (χ3v) is 4.98. The van der Waals surface area contributed by atoms with Crippen LogP contribution >= 0.6 is 0 Å². The number of aliphatic imine (C=N–C) groups is 1. The second-order valence-corrected chi connectivity index (χ2v) is 7.36. The number of hydrogen-bond acceptors (Lipinski definition) is 7. The maximum absolute atomic E-state index is 14.8. The molecular formula is C21H16F3N7O2. The van der Waals surface area contributed by atoms with Crippen molar-refractivity contribution in [3.05, 3.63) is 71.1 Å². The molecule has 0 fully saturated rings. The maximum atomic E-state index is 14.8. The molecule has 0 spiro atoms. The number of fused-ring (bicyclic) bond motifs is 1. The van der Waals surface area contributed by atoms with E-state index in [4.69, 9.17) is 11.0 Å². The lowest BCUT2D eigenvalue weighted by molar-refractivity contribution is -0.0500. The molecule has 2 aromatic heterocycles. The van der Waals surface area contributed by atoms with Crippen molar-refractivity contribution < 1.29 is 22.7 Å². The Hall–Kier alpha value is -4.40. The Balaban J connectivity index is 1.59. The molecule has 0 aliphatic carbocycles.